The molecule has 0 radical (unpaired) electrons. The number of hydrogen-bond acceptors (Lipinski definition) is 9. The fourth-order valence-corrected chi connectivity index (χ4v) is 17.0. The zero-order valence-electron chi connectivity index (χ0n) is 39.6. The van der Waals surface area contributed by atoms with Crippen molar-refractivity contribution >= 4 is 207 Å². The smallest absolute Gasteiger partial charge is 0.156 e. The molecular formula is C52H45Br13O9. The van der Waals surface area contributed by atoms with Crippen molar-refractivity contribution in [3.05, 3.63) is 159 Å². The SMILES string of the molecule is Cc1cc(Br)cc(Br)c1OCC(O)COc1c(Br)cc(C(C)(C)c2cc(Br)c(OCC(O)COc3c(Br)cc(C(C)(C)c4cc(Br)c(OC(CO)COc5c(Br)cc(Br)cc5Br)c(Br)c4)cc3Br)c(Br)c2)cc1Br. The minimum absolute atomic E-state index is 0.0150. The van der Waals surface area contributed by atoms with Crippen molar-refractivity contribution < 1.29 is 43.7 Å². The predicted octanol–water partition coefficient (Wildman–Crippen LogP) is 19.0. The van der Waals surface area contributed by atoms with E-state index in [2.05, 4.69) is 235 Å². The third kappa shape index (κ3) is 16.0. The summed E-state index contributed by atoms with van der Waals surface area (Å²) in [7, 11) is 0. The zero-order valence-corrected chi connectivity index (χ0v) is 60.2. The molecule has 0 heterocycles. The highest BCUT2D eigenvalue weighted by molar-refractivity contribution is 9.13. The number of rotatable bonds is 22. The second kappa shape index (κ2) is 27.8. The molecule has 74 heavy (non-hydrogen) atoms. The van der Waals surface area contributed by atoms with E-state index in [0.717, 1.165) is 59.1 Å². The third-order valence-corrected chi connectivity index (χ3v) is 19.0. The highest BCUT2D eigenvalue weighted by atomic mass is 79.9. The minimum atomic E-state index is -0.973. The second-order valence-electron chi connectivity index (χ2n) is 17.8. The molecule has 0 aliphatic heterocycles. The van der Waals surface area contributed by atoms with Gasteiger partial charge < -0.3 is 43.7 Å². The maximum atomic E-state index is 11.1. The molecule has 0 aromatic heterocycles. The van der Waals surface area contributed by atoms with E-state index in [0.29, 0.717) is 61.3 Å². The van der Waals surface area contributed by atoms with Crippen LogP contribution in [0.1, 0.15) is 55.5 Å². The molecule has 398 valence electrons. The zero-order chi connectivity index (χ0) is 54.6. The lowest BCUT2D eigenvalue weighted by Gasteiger charge is -2.29. The van der Waals surface area contributed by atoms with Gasteiger partial charge >= 0.3 is 0 Å². The van der Waals surface area contributed by atoms with Gasteiger partial charge in [0.2, 0.25) is 0 Å². The van der Waals surface area contributed by atoms with Gasteiger partial charge in [-0.3, -0.25) is 0 Å². The van der Waals surface area contributed by atoms with E-state index in [9.17, 15) is 15.3 Å². The largest absolute Gasteiger partial charge is 0.489 e. The van der Waals surface area contributed by atoms with Crippen LogP contribution in [0.15, 0.2) is 131 Å². The maximum Gasteiger partial charge on any atom is 0.156 e. The second-order valence-corrected chi connectivity index (χ2v) is 29.1. The summed E-state index contributed by atoms with van der Waals surface area (Å²) in [5.41, 5.74) is 3.89. The number of aryl methyl sites for hydroxylation is 1. The standard InChI is InChI=1S/C52H45Br13O9/c1-24-6-29(53)15-42(63)45(24)69-19-31(67)20-70-46-34(55)7-25(8-35(46)56)51(2,3)26-9-36(57)47(37(58)10-26)71-21-32(68)22-72-48-38(59)11-27(12-39(48)60)52(4,5)28-13-40(61)50(41(62)14-28)74-33(18-66)23-73-49-43(64)16-30(54)17-44(49)65/h6-17,31-33,66-68H,18-23H2,1-5H3. The first-order chi connectivity index (χ1) is 34.7. The highest BCUT2D eigenvalue weighted by Crippen LogP contribution is 2.47. The van der Waals surface area contributed by atoms with Gasteiger partial charge in [-0.25, -0.2) is 0 Å². The predicted molar refractivity (Wildman–Crippen MR) is 339 cm³/mol. The Labute approximate surface area is 540 Å². The minimum Gasteiger partial charge on any atom is -0.489 e. The van der Waals surface area contributed by atoms with E-state index >= 15 is 0 Å². The van der Waals surface area contributed by atoms with Crippen LogP contribution in [0.2, 0.25) is 0 Å². The number of benzene rings is 6. The quantitative estimate of drug-likeness (QED) is 0.0611. The van der Waals surface area contributed by atoms with Crippen molar-refractivity contribution in [2.75, 3.05) is 39.6 Å². The summed E-state index contributed by atoms with van der Waals surface area (Å²) in [6, 6.07) is 23.6. The molecule has 6 aromatic carbocycles. The maximum absolute atomic E-state index is 11.1. The van der Waals surface area contributed by atoms with Crippen molar-refractivity contribution in [1.82, 2.24) is 0 Å². The summed E-state index contributed by atoms with van der Waals surface area (Å²) in [6.07, 6.45) is -2.52. The van der Waals surface area contributed by atoms with Crippen molar-refractivity contribution in [2.45, 2.75) is 63.8 Å². The van der Waals surface area contributed by atoms with E-state index in [4.69, 9.17) is 28.4 Å². The van der Waals surface area contributed by atoms with Crippen LogP contribution in [-0.4, -0.2) is 73.3 Å². The van der Waals surface area contributed by atoms with Gasteiger partial charge in [0.05, 0.1) is 55.8 Å². The molecule has 0 fully saturated rings. The van der Waals surface area contributed by atoms with Crippen molar-refractivity contribution in [1.29, 1.82) is 0 Å². The Morgan fingerprint density at radius 2 is 0.608 bits per heavy atom. The lowest BCUT2D eigenvalue weighted by atomic mass is 9.78. The molecule has 0 aliphatic carbocycles. The third-order valence-electron chi connectivity index (χ3n) is 11.6. The molecule has 22 heteroatoms. The van der Waals surface area contributed by atoms with Gasteiger partial charge in [0.1, 0.15) is 79.7 Å². The van der Waals surface area contributed by atoms with E-state index in [-0.39, 0.29) is 39.6 Å². The van der Waals surface area contributed by atoms with Gasteiger partial charge in [-0.15, -0.1) is 0 Å². The van der Waals surface area contributed by atoms with Crippen LogP contribution in [0.25, 0.3) is 0 Å². The molecule has 3 atom stereocenters. The van der Waals surface area contributed by atoms with Crippen LogP contribution in [0.5, 0.6) is 34.5 Å². The summed E-state index contributed by atoms with van der Waals surface area (Å²) < 4.78 is 46.4. The number of ether oxygens (including phenoxy) is 6. The van der Waals surface area contributed by atoms with Crippen LogP contribution < -0.4 is 28.4 Å². The first-order valence-electron chi connectivity index (χ1n) is 22.1. The van der Waals surface area contributed by atoms with Crippen LogP contribution in [0.3, 0.4) is 0 Å². The summed E-state index contributed by atoms with van der Waals surface area (Å²) >= 11 is 47.2. The van der Waals surface area contributed by atoms with Crippen LogP contribution >= 0.6 is 207 Å². The molecule has 0 saturated carbocycles. The van der Waals surface area contributed by atoms with E-state index in [1.165, 1.54) is 0 Å². The van der Waals surface area contributed by atoms with E-state index in [1.54, 1.807) is 0 Å². The molecule has 0 spiro atoms. The Bertz CT molecular complexity index is 2870. The van der Waals surface area contributed by atoms with Crippen LogP contribution in [0.4, 0.5) is 0 Å². The number of hydrogen-bond donors (Lipinski definition) is 3. The fraction of sp³-hybridized carbons (Fsp3) is 0.308. The molecule has 3 unspecified atom stereocenters. The van der Waals surface area contributed by atoms with Crippen molar-refractivity contribution in [2.24, 2.45) is 0 Å². The van der Waals surface area contributed by atoms with Crippen molar-refractivity contribution in [3.8, 4) is 34.5 Å². The molecule has 6 rings (SSSR count). The van der Waals surface area contributed by atoms with Gasteiger partial charge in [0, 0.05) is 19.8 Å². The molecule has 0 aliphatic rings. The first-order valence-corrected chi connectivity index (χ1v) is 32.4. The average Bonchev–Trinajstić information content (AvgIpc) is 3.30. The summed E-state index contributed by atoms with van der Waals surface area (Å²) in [5, 5.41) is 32.1. The summed E-state index contributed by atoms with van der Waals surface area (Å²) in [4.78, 5) is 0. The van der Waals surface area contributed by atoms with Gasteiger partial charge in [-0.1, -0.05) is 59.6 Å². The van der Waals surface area contributed by atoms with Gasteiger partial charge in [-0.2, -0.15) is 0 Å². The van der Waals surface area contributed by atoms with Gasteiger partial charge in [-0.05, 0) is 283 Å². The molecule has 3 N–H and O–H groups in total. The Balaban J connectivity index is 1.04. The Morgan fingerprint density at radius 3 is 0.905 bits per heavy atom. The molecule has 0 saturated heterocycles. The number of halogens is 13. The van der Waals surface area contributed by atoms with Crippen LogP contribution in [0, 0.1) is 6.92 Å². The lowest BCUT2D eigenvalue weighted by Crippen LogP contribution is -2.29. The molecule has 9 nitrogen and oxygen atoms in total. The average molecular weight is 1850 g/mol. The highest BCUT2D eigenvalue weighted by Gasteiger charge is 2.30. The lowest BCUT2D eigenvalue weighted by molar-refractivity contribution is 0.0615. The fourth-order valence-electron chi connectivity index (χ4n) is 7.36. The van der Waals surface area contributed by atoms with Crippen LogP contribution in [-0.2, 0) is 10.8 Å². The molecule has 6 aromatic rings. The van der Waals surface area contributed by atoms with Gasteiger partial charge in [0.25, 0.3) is 0 Å². The number of aliphatic hydroxyl groups excluding tert-OH is 3. The van der Waals surface area contributed by atoms with E-state index in [1.807, 2.05) is 79.7 Å². The molecular weight excluding hydrogens is 1810 g/mol. The van der Waals surface area contributed by atoms with Crippen molar-refractivity contribution in [3.63, 3.8) is 0 Å². The normalized spacial score (nSPS) is 13.1. The summed E-state index contributed by atoms with van der Waals surface area (Å²) in [6.45, 7) is 10.2. The molecule has 0 amide bonds. The summed E-state index contributed by atoms with van der Waals surface area (Å²) in [5.74, 6) is 3.42. The first kappa shape index (κ1) is 63.4. The number of aliphatic hydroxyl groups is 3. The Kier molecular flexibility index (Phi) is 23.8. The van der Waals surface area contributed by atoms with E-state index < -0.39 is 29.1 Å². The molecule has 0 bridgehead atoms. The Hall–Kier alpha value is 0.240. The van der Waals surface area contributed by atoms with Gasteiger partial charge in [0.15, 0.2) is 6.10 Å². The topological polar surface area (TPSA) is 116 Å². The monoisotopic (exact) mass is 1840 g/mol. The Morgan fingerprint density at radius 1 is 0.365 bits per heavy atom.